The van der Waals surface area contributed by atoms with E-state index in [-0.39, 0.29) is 17.3 Å². The van der Waals surface area contributed by atoms with Gasteiger partial charge in [0.1, 0.15) is 5.82 Å². The van der Waals surface area contributed by atoms with Crippen LogP contribution in [0.3, 0.4) is 0 Å². The molecule has 0 unspecified atom stereocenters. The van der Waals surface area contributed by atoms with E-state index < -0.39 is 15.6 Å². The Hall–Kier alpha value is -2.22. The van der Waals surface area contributed by atoms with E-state index in [9.17, 15) is 17.9 Å². The number of β-amino-alcohol motifs (C(OH)–C–C–N with tert-alkyl or cyclic N) is 1. The number of fused-ring (bicyclic) bond motifs is 1. The van der Waals surface area contributed by atoms with Gasteiger partial charge in [-0.2, -0.15) is 4.31 Å². The smallest absolute Gasteiger partial charge is 0.243 e. The second-order valence-corrected chi connectivity index (χ2v) is 8.94. The van der Waals surface area contributed by atoms with Crippen LogP contribution in [0, 0.1) is 5.82 Å². The van der Waals surface area contributed by atoms with Crippen LogP contribution in [0.25, 0.3) is 22.0 Å². The molecule has 1 saturated heterocycles. The first kappa shape index (κ1) is 17.2. The molecule has 0 bridgehead atoms. The summed E-state index contributed by atoms with van der Waals surface area (Å²) >= 11 is 0. The van der Waals surface area contributed by atoms with Gasteiger partial charge in [0.05, 0.1) is 10.5 Å². The van der Waals surface area contributed by atoms with Crippen LogP contribution in [0.5, 0.6) is 0 Å². The van der Waals surface area contributed by atoms with E-state index in [2.05, 4.69) is 4.98 Å². The zero-order valence-corrected chi connectivity index (χ0v) is 15.1. The van der Waals surface area contributed by atoms with Crippen molar-refractivity contribution in [1.29, 1.82) is 0 Å². The molecule has 136 valence electrons. The molecule has 2 heterocycles. The van der Waals surface area contributed by atoms with Crippen LogP contribution < -0.4 is 0 Å². The number of hydrogen-bond donors (Lipinski definition) is 2. The Kier molecular flexibility index (Phi) is 3.91. The molecule has 26 heavy (non-hydrogen) atoms. The van der Waals surface area contributed by atoms with Crippen LogP contribution in [0.4, 0.5) is 4.39 Å². The van der Waals surface area contributed by atoms with Crippen molar-refractivity contribution in [1.82, 2.24) is 9.29 Å². The van der Waals surface area contributed by atoms with Crippen LogP contribution in [-0.4, -0.2) is 41.5 Å². The maximum Gasteiger partial charge on any atom is 0.243 e. The summed E-state index contributed by atoms with van der Waals surface area (Å²) in [5.74, 6) is -0.311. The number of rotatable bonds is 3. The normalized spacial score (nSPS) is 21.5. The van der Waals surface area contributed by atoms with Crippen LogP contribution in [0.1, 0.15) is 13.3 Å². The number of aromatic nitrogens is 1. The largest absolute Gasteiger partial charge is 0.389 e. The summed E-state index contributed by atoms with van der Waals surface area (Å²) in [4.78, 5) is 3.23. The van der Waals surface area contributed by atoms with E-state index in [0.717, 1.165) is 16.5 Å². The van der Waals surface area contributed by atoms with Crippen molar-refractivity contribution in [3.63, 3.8) is 0 Å². The minimum absolute atomic E-state index is 0.102. The van der Waals surface area contributed by atoms with Gasteiger partial charge in [0, 0.05) is 35.8 Å². The summed E-state index contributed by atoms with van der Waals surface area (Å²) in [6.45, 7) is 2.06. The summed E-state index contributed by atoms with van der Waals surface area (Å²) in [7, 11) is -3.63. The van der Waals surface area contributed by atoms with Crippen LogP contribution in [0.15, 0.2) is 53.6 Å². The molecule has 0 spiro atoms. The highest BCUT2D eigenvalue weighted by atomic mass is 32.2. The first-order valence-electron chi connectivity index (χ1n) is 8.36. The monoisotopic (exact) mass is 374 g/mol. The fraction of sp³-hybridized carbons (Fsp3) is 0.263. The number of H-pyrrole nitrogens is 1. The Balaban J connectivity index is 1.66. The predicted octanol–water partition coefficient (Wildman–Crippen LogP) is 3.12. The van der Waals surface area contributed by atoms with Gasteiger partial charge in [-0.15, -0.1) is 0 Å². The lowest BCUT2D eigenvalue weighted by Crippen LogP contribution is -2.33. The molecule has 3 aromatic rings. The number of hydrogen-bond acceptors (Lipinski definition) is 3. The third kappa shape index (κ3) is 2.92. The molecule has 4 rings (SSSR count). The molecule has 2 aromatic carbocycles. The molecule has 0 aliphatic carbocycles. The van der Waals surface area contributed by atoms with Gasteiger partial charge in [-0.25, -0.2) is 12.8 Å². The summed E-state index contributed by atoms with van der Waals surface area (Å²) in [5, 5.41) is 10.9. The fourth-order valence-corrected chi connectivity index (χ4v) is 4.96. The number of sulfonamides is 1. The van der Waals surface area contributed by atoms with E-state index in [1.807, 2.05) is 0 Å². The van der Waals surface area contributed by atoms with E-state index in [1.165, 1.54) is 16.4 Å². The van der Waals surface area contributed by atoms with Crippen molar-refractivity contribution in [3.8, 4) is 11.1 Å². The number of aliphatic hydroxyl groups is 1. The Labute approximate surface area is 151 Å². The predicted molar refractivity (Wildman–Crippen MR) is 97.7 cm³/mol. The second-order valence-electron chi connectivity index (χ2n) is 7.00. The molecule has 2 N–H and O–H groups in total. The fourth-order valence-electron chi connectivity index (χ4n) is 3.40. The highest BCUT2D eigenvalue weighted by Gasteiger charge is 2.38. The highest BCUT2D eigenvalue weighted by molar-refractivity contribution is 7.89. The van der Waals surface area contributed by atoms with E-state index in [1.54, 1.807) is 43.5 Å². The van der Waals surface area contributed by atoms with Crippen molar-refractivity contribution in [3.05, 3.63) is 54.5 Å². The molecule has 1 aromatic heterocycles. The Morgan fingerprint density at radius 1 is 1.19 bits per heavy atom. The van der Waals surface area contributed by atoms with Crippen molar-refractivity contribution in [2.45, 2.75) is 23.8 Å². The molecule has 0 saturated carbocycles. The topological polar surface area (TPSA) is 73.4 Å². The standard InChI is InChI=1S/C19H19FN2O3S/c1-19(23)8-9-22(12-19)26(24,25)15-5-2-13(3-6-15)17-11-21-18-10-14(20)4-7-16(17)18/h2-7,10-11,21,23H,8-9,12H2,1H3/t19-/m0/s1. The van der Waals surface area contributed by atoms with Gasteiger partial charge in [0.15, 0.2) is 0 Å². The Morgan fingerprint density at radius 3 is 2.58 bits per heavy atom. The molecule has 5 nitrogen and oxygen atoms in total. The zero-order valence-electron chi connectivity index (χ0n) is 14.2. The number of nitrogens with zero attached hydrogens (tertiary/aromatic N) is 1. The van der Waals surface area contributed by atoms with Crippen LogP contribution >= 0.6 is 0 Å². The Morgan fingerprint density at radius 2 is 1.92 bits per heavy atom. The lowest BCUT2D eigenvalue weighted by molar-refractivity contribution is 0.0762. The van der Waals surface area contributed by atoms with Gasteiger partial charge in [-0.05, 0) is 49.2 Å². The van der Waals surface area contributed by atoms with Crippen molar-refractivity contribution >= 4 is 20.9 Å². The van der Waals surface area contributed by atoms with E-state index in [4.69, 9.17) is 0 Å². The molecular weight excluding hydrogens is 355 g/mol. The van der Waals surface area contributed by atoms with E-state index >= 15 is 0 Å². The second kappa shape index (κ2) is 5.90. The highest BCUT2D eigenvalue weighted by Crippen LogP contribution is 2.31. The summed E-state index contributed by atoms with van der Waals surface area (Å²) in [6, 6.07) is 11.2. The summed E-state index contributed by atoms with van der Waals surface area (Å²) in [5.41, 5.74) is 1.44. The molecule has 1 fully saturated rings. The SMILES string of the molecule is C[C@]1(O)CCN(S(=O)(=O)c2ccc(-c3c[nH]c4cc(F)ccc34)cc2)C1. The first-order chi connectivity index (χ1) is 12.3. The van der Waals surface area contributed by atoms with Gasteiger partial charge in [-0.1, -0.05) is 12.1 Å². The number of benzene rings is 2. The number of nitrogens with one attached hydrogen (secondary N) is 1. The van der Waals surface area contributed by atoms with Gasteiger partial charge < -0.3 is 10.1 Å². The molecule has 1 aliphatic heterocycles. The average Bonchev–Trinajstić information content (AvgIpc) is 3.18. The molecular formula is C19H19FN2O3S. The molecule has 0 amide bonds. The minimum Gasteiger partial charge on any atom is -0.389 e. The van der Waals surface area contributed by atoms with Gasteiger partial charge in [0.2, 0.25) is 10.0 Å². The lowest BCUT2D eigenvalue weighted by atomic mass is 10.1. The quantitative estimate of drug-likeness (QED) is 0.740. The molecule has 7 heteroatoms. The lowest BCUT2D eigenvalue weighted by Gasteiger charge is -2.19. The van der Waals surface area contributed by atoms with Gasteiger partial charge >= 0.3 is 0 Å². The molecule has 1 aliphatic rings. The van der Waals surface area contributed by atoms with Crippen molar-refractivity contribution < 1.29 is 17.9 Å². The maximum atomic E-state index is 13.3. The summed E-state index contributed by atoms with van der Waals surface area (Å²) < 4.78 is 40.1. The van der Waals surface area contributed by atoms with Crippen molar-refractivity contribution in [2.75, 3.05) is 13.1 Å². The minimum atomic E-state index is -3.63. The van der Waals surface area contributed by atoms with Crippen LogP contribution in [-0.2, 0) is 10.0 Å². The van der Waals surface area contributed by atoms with Crippen LogP contribution in [0.2, 0.25) is 0 Å². The molecule has 1 atom stereocenters. The number of aromatic amines is 1. The average molecular weight is 374 g/mol. The third-order valence-electron chi connectivity index (χ3n) is 4.86. The zero-order chi connectivity index (χ0) is 18.5. The van der Waals surface area contributed by atoms with Gasteiger partial charge in [0.25, 0.3) is 0 Å². The van der Waals surface area contributed by atoms with Gasteiger partial charge in [-0.3, -0.25) is 0 Å². The number of halogens is 1. The first-order valence-corrected chi connectivity index (χ1v) is 9.80. The van der Waals surface area contributed by atoms with Crippen molar-refractivity contribution in [2.24, 2.45) is 0 Å². The Bertz CT molecular complexity index is 1070. The molecule has 0 radical (unpaired) electrons. The maximum absolute atomic E-state index is 13.3. The summed E-state index contributed by atoms with van der Waals surface area (Å²) in [6.07, 6.45) is 2.21. The van der Waals surface area contributed by atoms with E-state index in [0.29, 0.717) is 18.5 Å². The third-order valence-corrected chi connectivity index (χ3v) is 6.72.